The Labute approximate surface area is 70.8 Å². The van der Waals surface area contributed by atoms with Gasteiger partial charge in [0.15, 0.2) is 0 Å². The third-order valence-electron chi connectivity index (χ3n) is 1.87. The molecule has 0 radical (unpaired) electrons. The number of amides is 1. The smallest absolute Gasteiger partial charge is 0.225 e. The maximum Gasteiger partial charge on any atom is 0.225 e. The maximum absolute atomic E-state index is 11.1. The Balaban J connectivity index is 2.09. The van der Waals surface area contributed by atoms with E-state index in [1.807, 2.05) is 0 Å². The van der Waals surface area contributed by atoms with E-state index in [9.17, 15) is 4.79 Å². The molecule has 0 aromatic carbocycles. The van der Waals surface area contributed by atoms with Crippen LogP contribution in [0.2, 0.25) is 0 Å². The number of rotatable bonds is 4. The summed E-state index contributed by atoms with van der Waals surface area (Å²) in [5.41, 5.74) is 0. The summed E-state index contributed by atoms with van der Waals surface area (Å²) in [6.07, 6.45) is -0.845. The van der Waals surface area contributed by atoms with E-state index in [-0.39, 0.29) is 25.0 Å². The second-order valence-corrected chi connectivity index (χ2v) is 2.94. The second-order valence-electron chi connectivity index (χ2n) is 2.94. The van der Waals surface area contributed by atoms with Gasteiger partial charge in [-0.05, 0) is 0 Å². The highest BCUT2D eigenvalue weighted by Crippen LogP contribution is 2.01. The molecular formula is C7H14N2O3. The van der Waals surface area contributed by atoms with Crippen LogP contribution < -0.4 is 10.6 Å². The van der Waals surface area contributed by atoms with Gasteiger partial charge in [-0.15, -0.1) is 0 Å². The highest BCUT2D eigenvalue weighted by Gasteiger charge is 2.24. The third-order valence-corrected chi connectivity index (χ3v) is 1.87. The average Bonchev–Trinajstić information content (AvgIpc) is 1.97. The molecule has 0 aliphatic carbocycles. The Kier molecular flexibility index (Phi) is 3.46. The van der Waals surface area contributed by atoms with Gasteiger partial charge in [-0.25, -0.2) is 0 Å². The molecule has 1 saturated heterocycles. The molecule has 0 saturated carbocycles. The Morgan fingerprint density at radius 3 is 2.75 bits per heavy atom. The topological polar surface area (TPSA) is 81.6 Å². The summed E-state index contributed by atoms with van der Waals surface area (Å²) in [4.78, 5) is 11.1. The molecule has 1 aliphatic rings. The van der Waals surface area contributed by atoms with Gasteiger partial charge in [-0.1, -0.05) is 0 Å². The van der Waals surface area contributed by atoms with Gasteiger partial charge in [0.25, 0.3) is 0 Å². The molecule has 0 bridgehead atoms. The monoisotopic (exact) mass is 174 g/mol. The zero-order valence-corrected chi connectivity index (χ0v) is 6.79. The summed E-state index contributed by atoms with van der Waals surface area (Å²) in [7, 11) is 0. The van der Waals surface area contributed by atoms with E-state index < -0.39 is 6.10 Å². The standard InChI is InChI=1S/C7H14N2O3/c10-4-6(11)3-9-7(12)5-1-8-2-5/h5-6,8,10-11H,1-4H2,(H,9,12). The van der Waals surface area contributed by atoms with Crippen LogP contribution in [-0.4, -0.2) is 48.5 Å². The molecule has 1 rings (SSSR count). The van der Waals surface area contributed by atoms with E-state index in [1.54, 1.807) is 0 Å². The number of carbonyl (C=O) groups excluding carboxylic acids is 1. The molecule has 1 fully saturated rings. The summed E-state index contributed by atoms with van der Waals surface area (Å²) >= 11 is 0. The molecule has 12 heavy (non-hydrogen) atoms. The lowest BCUT2D eigenvalue weighted by Gasteiger charge is -2.26. The molecule has 1 atom stereocenters. The van der Waals surface area contributed by atoms with Crippen molar-refractivity contribution in [2.24, 2.45) is 5.92 Å². The van der Waals surface area contributed by atoms with Crippen LogP contribution in [0.4, 0.5) is 0 Å². The molecule has 4 N–H and O–H groups in total. The van der Waals surface area contributed by atoms with E-state index in [0.29, 0.717) is 13.1 Å². The van der Waals surface area contributed by atoms with Gasteiger partial charge >= 0.3 is 0 Å². The summed E-state index contributed by atoms with van der Waals surface area (Å²) in [5, 5.41) is 22.9. The van der Waals surface area contributed by atoms with Crippen molar-refractivity contribution in [1.82, 2.24) is 10.6 Å². The molecule has 1 aliphatic heterocycles. The molecular weight excluding hydrogens is 160 g/mol. The first-order valence-electron chi connectivity index (χ1n) is 4.01. The predicted octanol–water partition coefficient (Wildman–Crippen LogP) is -2.32. The molecule has 1 heterocycles. The predicted molar refractivity (Wildman–Crippen MR) is 42.5 cm³/mol. The highest BCUT2D eigenvalue weighted by atomic mass is 16.3. The Morgan fingerprint density at radius 2 is 2.33 bits per heavy atom. The van der Waals surface area contributed by atoms with Crippen LogP contribution in [0.15, 0.2) is 0 Å². The summed E-state index contributed by atoms with van der Waals surface area (Å²) in [5.74, 6) is -0.0165. The Hall–Kier alpha value is -0.650. The summed E-state index contributed by atoms with van der Waals surface area (Å²) < 4.78 is 0. The van der Waals surface area contributed by atoms with Crippen molar-refractivity contribution in [3.63, 3.8) is 0 Å². The molecule has 0 spiro atoms. The van der Waals surface area contributed by atoms with Crippen LogP contribution in [0.5, 0.6) is 0 Å². The minimum Gasteiger partial charge on any atom is -0.394 e. The van der Waals surface area contributed by atoms with Crippen molar-refractivity contribution in [2.75, 3.05) is 26.2 Å². The van der Waals surface area contributed by atoms with Crippen LogP contribution in [0.3, 0.4) is 0 Å². The van der Waals surface area contributed by atoms with Gasteiger partial charge in [0.05, 0.1) is 18.6 Å². The zero-order chi connectivity index (χ0) is 8.97. The van der Waals surface area contributed by atoms with Gasteiger partial charge in [0, 0.05) is 19.6 Å². The van der Waals surface area contributed by atoms with E-state index in [4.69, 9.17) is 10.2 Å². The number of carbonyl (C=O) groups is 1. The van der Waals surface area contributed by atoms with Crippen LogP contribution >= 0.6 is 0 Å². The van der Waals surface area contributed by atoms with Crippen molar-refractivity contribution in [2.45, 2.75) is 6.10 Å². The SMILES string of the molecule is O=C(NCC(O)CO)C1CNC1. The molecule has 1 unspecified atom stereocenters. The Morgan fingerprint density at radius 1 is 1.67 bits per heavy atom. The van der Waals surface area contributed by atoms with E-state index in [2.05, 4.69) is 10.6 Å². The minimum atomic E-state index is -0.845. The van der Waals surface area contributed by atoms with Crippen molar-refractivity contribution in [3.05, 3.63) is 0 Å². The van der Waals surface area contributed by atoms with Crippen LogP contribution in [0.1, 0.15) is 0 Å². The van der Waals surface area contributed by atoms with Gasteiger partial charge < -0.3 is 20.8 Å². The number of aliphatic hydroxyl groups is 2. The molecule has 1 amide bonds. The number of aliphatic hydroxyl groups excluding tert-OH is 2. The first kappa shape index (κ1) is 9.44. The van der Waals surface area contributed by atoms with E-state index in [0.717, 1.165) is 0 Å². The number of hydrogen-bond acceptors (Lipinski definition) is 4. The second kappa shape index (κ2) is 4.39. The fraction of sp³-hybridized carbons (Fsp3) is 0.857. The molecule has 5 nitrogen and oxygen atoms in total. The lowest BCUT2D eigenvalue weighted by atomic mass is 10.0. The number of hydrogen-bond donors (Lipinski definition) is 4. The highest BCUT2D eigenvalue weighted by molar-refractivity contribution is 5.79. The lowest BCUT2D eigenvalue weighted by molar-refractivity contribution is -0.126. The third kappa shape index (κ3) is 2.44. The van der Waals surface area contributed by atoms with Crippen molar-refractivity contribution >= 4 is 5.91 Å². The number of nitrogens with one attached hydrogen (secondary N) is 2. The molecule has 5 heteroatoms. The van der Waals surface area contributed by atoms with Crippen molar-refractivity contribution in [3.8, 4) is 0 Å². The summed E-state index contributed by atoms with van der Waals surface area (Å²) in [6, 6.07) is 0. The van der Waals surface area contributed by atoms with Crippen molar-refractivity contribution < 1.29 is 15.0 Å². The fourth-order valence-corrected chi connectivity index (χ4v) is 0.901. The largest absolute Gasteiger partial charge is 0.394 e. The molecule has 0 aromatic heterocycles. The summed E-state index contributed by atoms with van der Waals surface area (Å²) in [6.45, 7) is 1.23. The fourth-order valence-electron chi connectivity index (χ4n) is 0.901. The Bertz CT molecular complexity index is 159. The normalized spacial score (nSPS) is 19.8. The van der Waals surface area contributed by atoms with Crippen molar-refractivity contribution in [1.29, 1.82) is 0 Å². The molecule has 0 aromatic rings. The lowest BCUT2D eigenvalue weighted by Crippen LogP contribution is -2.51. The van der Waals surface area contributed by atoms with Crippen LogP contribution in [0, 0.1) is 5.92 Å². The van der Waals surface area contributed by atoms with Gasteiger partial charge in [-0.2, -0.15) is 0 Å². The van der Waals surface area contributed by atoms with Gasteiger partial charge in [0.1, 0.15) is 0 Å². The zero-order valence-electron chi connectivity index (χ0n) is 6.79. The quantitative estimate of drug-likeness (QED) is 0.385. The van der Waals surface area contributed by atoms with E-state index in [1.165, 1.54) is 0 Å². The van der Waals surface area contributed by atoms with Crippen LogP contribution in [0.25, 0.3) is 0 Å². The molecule has 70 valence electrons. The first-order valence-corrected chi connectivity index (χ1v) is 4.01. The first-order chi connectivity index (χ1) is 5.74. The average molecular weight is 174 g/mol. The van der Waals surface area contributed by atoms with E-state index >= 15 is 0 Å². The maximum atomic E-state index is 11.1. The minimum absolute atomic E-state index is 0.0379. The van der Waals surface area contributed by atoms with Gasteiger partial charge in [-0.3, -0.25) is 4.79 Å². The van der Waals surface area contributed by atoms with Gasteiger partial charge in [0.2, 0.25) is 5.91 Å². The van der Waals surface area contributed by atoms with Crippen LogP contribution in [-0.2, 0) is 4.79 Å².